The monoisotopic (exact) mass is 337 g/mol. The highest BCUT2D eigenvalue weighted by Crippen LogP contribution is 2.32. The third kappa shape index (κ3) is 3.51. The van der Waals surface area contributed by atoms with Gasteiger partial charge in [0.25, 0.3) is 9.05 Å². The molecule has 1 aromatic carbocycles. The Bertz CT molecular complexity index is 719. The molecule has 0 bridgehead atoms. The molecular formula is C11H6Cl3NO3S. The van der Waals surface area contributed by atoms with Crippen LogP contribution in [0.1, 0.15) is 0 Å². The maximum atomic E-state index is 11.4. The summed E-state index contributed by atoms with van der Waals surface area (Å²) in [4.78, 5) is 3.61. The van der Waals surface area contributed by atoms with Crippen molar-refractivity contribution in [3.8, 4) is 11.6 Å². The minimum absolute atomic E-state index is 0.129. The molecule has 0 N–H and O–H groups in total. The van der Waals surface area contributed by atoms with E-state index in [0.29, 0.717) is 10.8 Å². The van der Waals surface area contributed by atoms with Crippen molar-refractivity contribution in [2.45, 2.75) is 4.90 Å². The van der Waals surface area contributed by atoms with E-state index >= 15 is 0 Å². The molecule has 0 unspecified atom stereocenters. The van der Waals surface area contributed by atoms with Gasteiger partial charge in [-0.05, 0) is 24.3 Å². The molecule has 0 saturated heterocycles. The quantitative estimate of drug-likeness (QED) is 0.790. The molecule has 8 heteroatoms. The molecule has 2 rings (SSSR count). The van der Waals surface area contributed by atoms with Crippen molar-refractivity contribution in [3.63, 3.8) is 0 Å². The summed E-state index contributed by atoms with van der Waals surface area (Å²) in [5.41, 5.74) is 0. The molecule has 4 nitrogen and oxygen atoms in total. The first-order valence-corrected chi connectivity index (χ1v) is 7.97. The molecule has 2 aromatic rings. The lowest BCUT2D eigenvalue weighted by Crippen LogP contribution is -1.97. The Labute approximate surface area is 124 Å². The Morgan fingerprint density at radius 3 is 2.47 bits per heavy atom. The predicted molar refractivity (Wildman–Crippen MR) is 73.8 cm³/mol. The van der Waals surface area contributed by atoms with Crippen LogP contribution in [0.2, 0.25) is 10.0 Å². The van der Waals surface area contributed by atoms with Gasteiger partial charge in [0.05, 0.1) is 10.0 Å². The summed E-state index contributed by atoms with van der Waals surface area (Å²) in [6.45, 7) is 0. The van der Waals surface area contributed by atoms with Crippen LogP contribution in [-0.2, 0) is 9.05 Å². The molecule has 0 aliphatic heterocycles. The highest BCUT2D eigenvalue weighted by molar-refractivity contribution is 8.13. The van der Waals surface area contributed by atoms with Gasteiger partial charge < -0.3 is 4.74 Å². The zero-order chi connectivity index (χ0) is 14.0. The van der Waals surface area contributed by atoms with Gasteiger partial charge in [0.2, 0.25) is 5.88 Å². The van der Waals surface area contributed by atoms with E-state index in [1.807, 2.05) is 0 Å². The number of halogens is 3. The van der Waals surface area contributed by atoms with Crippen LogP contribution < -0.4 is 4.74 Å². The van der Waals surface area contributed by atoms with Gasteiger partial charge in [-0.1, -0.05) is 23.2 Å². The Balaban J connectivity index is 2.41. The average Bonchev–Trinajstić information content (AvgIpc) is 2.33. The molecule has 0 aliphatic carbocycles. The minimum atomic E-state index is -3.95. The summed E-state index contributed by atoms with van der Waals surface area (Å²) in [5, 5.41) is 0.644. The van der Waals surface area contributed by atoms with Gasteiger partial charge in [0.1, 0.15) is 10.6 Å². The molecule has 0 aliphatic rings. The van der Waals surface area contributed by atoms with Crippen LogP contribution in [0.3, 0.4) is 0 Å². The van der Waals surface area contributed by atoms with Gasteiger partial charge in [-0.15, -0.1) is 0 Å². The maximum Gasteiger partial charge on any atom is 0.266 e. The number of aromatic nitrogens is 1. The molecule has 0 spiro atoms. The Hall–Kier alpha value is -1.01. The van der Waals surface area contributed by atoms with Crippen LogP contribution in [0, 0.1) is 0 Å². The number of hydrogen-bond acceptors (Lipinski definition) is 4. The molecule has 100 valence electrons. The molecule has 0 fully saturated rings. The predicted octanol–water partition coefficient (Wildman–Crippen LogP) is 4.11. The van der Waals surface area contributed by atoms with Crippen molar-refractivity contribution in [1.29, 1.82) is 0 Å². The Morgan fingerprint density at radius 2 is 1.84 bits per heavy atom. The Morgan fingerprint density at radius 1 is 1.11 bits per heavy atom. The number of nitrogens with zero attached hydrogens (tertiary/aromatic N) is 1. The second-order valence-electron chi connectivity index (χ2n) is 3.42. The van der Waals surface area contributed by atoms with Crippen molar-refractivity contribution < 1.29 is 13.2 Å². The van der Waals surface area contributed by atoms with Crippen molar-refractivity contribution in [2.24, 2.45) is 0 Å². The van der Waals surface area contributed by atoms with Crippen LogP contribution >= 0.6 is 33.9 Å². The van der Waals surface area contributed by atoms with Gasteiger partial charge in [-0.3, -0.25) is 0 Å². The average molecular weight is 339 g/mol. The highest BCUT2D eigenvalue weighted by Gasteiger charge is 2.18. The zero-order valence-corrected chi connectivity index (χ0v) is 12.3. The van der Waals surface area contributed by atoms with Crippen LogP contribution in [0.25, 0.3) is 0 Å². The van der Waals surface area contributed by atoms with Crippen LogP contribution in [0.5, 0.6) is 11.6 Å². The molecule has 0 amide bonds. The van der Waals surface area contributed by atoms with E-state index in [-0.39, 0.29) is 15.8 Å². The SMILES string of the molecule is O=S(=O)(Cl)c1cccnc1Oc1ccc(Cl)c(Cl)c1. The highest BCUT2D eigenvalue weighted by atomic mass is 35.7. The van der Waals surface area contributed by atoms with Gasteiger partial charge in [-0.25, -0.2) is 13.4 Å². The third-order valence-electron chi connectivity index (χ3n) is 2.10. The zero-order valence-electron chi connectivity index (χ0n) is 9.18. The standard InChI is InChI=1S/C11H6Cl3NO3S/c12-8-4-3-7(6-9(8)13)18-11-10(19(14,16)17)2-1-5-15-11/h1-6H. The summed E-state index contributed by atoms with van der Waals surface area (Å²) in [6.07, 6.45) is 1.39. The van der Waals surface area contributed by atoms with E-state index in [9.17, 15) is 8.42 Å². The van der Waals surface area contributed by atoms with Gasteiger partial charge in [0.15, 0.2) is 0 Å². The number of hydrogen-bond donors (Lipinski definition) is 0. The van der Waals surface area contributed by atoms with E-state index in [0.717, 1.165) is 0 Å². The lowest BCUT2D eigenvalue weighted by molar-refractivity contribution is 0.448. The molecule has 0 atom stereocenters. The summed E-state index contributed by atoms with van der Waals surface area (Å²) >= 11 is 11.6. The van der Waals surface area contributed by atoms with Crippen molar-refractivity contribution in [2.75, 3.05) is 0 Å². The molecule has 0 saturated carbocycles. The number of benzene rings is 1. The van der Waals surface area contributed by atoms with Crippen LogP contribution in [0.15, 0.2) is 41.4 Å². The fraction of sp³-hybridized carbons (Fsp3) is 0. The van der Waals surface area contributed by atoms with Crippen molar-refractivity contribution >= 4 is 42.9 Å². The largest absolute Gasteiger partial charge is 0.438 e. The lowest BCUT2D eigenvalue weighted by atomic mass is 10.3. The third-order valence-corrected chi connectivity index (χ3v) is 4.18. The molecular weight excluding hydrogens is 333 g/mol. The first kappa shape index (κ1) is 14.4. The lowest BCUT2D eigenvalue weighted by Gasteiger charge is -2.08. The van der Waals surface area contributed by atoms with Crippen molar-refractivity contribution in [1.82, 2.24) is 4.98 Å². The van der Waals surface area contributed by atoms with Gasteiger partial charge >= 0.3 is 0 Å². The van der Waals surface area contributed by atoms with Crippen LogP contribution in [-0.4, -0.2) is 13.4 Å². The van der Waals surface area contributed by atoms with E-state index in [2.05, 4.69) is 4.98 Å². The summed E-state index contributed by atoms with van der Waals surface area (Å²) in [6, 6.07) is 7.24. The number of rotatable bonds is 3. The molecule has 1 aromatic heterocycles. The second-order valence-corrected chi connectivity index (χ2v) is 6.77. The van der Waals surface area contributed by atoms with E-state index in [4.69, 9.17) is 38.6 Å². The minimum Gasteiger partial charge on any atom is -0.438 e. The number of pyridine rings is 1. The summed E-state index contributed by atoms with van der Waals surface area (Å²) in [7, 11) is 1.35. The smallest absolute Gasteiger partial charge is 0.266 e. The Kier molecular flexibility index (Phi) is 4.20. The summed E-state index contributed by atoms with van der Waals surface area (Å²) in [5.74, 6) is 0.172. The molecule has 1 heterocycles. The second kappa shape index (κ2) is 5.54. The summed E-state index contributed by atoms with van der Waals surface area (Å²) < 4.78 is 28.1. The first-order chi connectivity index (χ1) is 8.88. The van der Waals surface area contributed by atoms with Crippen LogP contribution in [0.4, 0.5) is 0 Å². The van der Waals surface area contributed by atoms with E-state index < -0.39 is 9.05 Å². The normalized spacial score (nSPS) is 11.3. The topological polar surface area (TPSA) is 56.3 Å². The van der Waals surface area contributed by atoms with Gasteiger partial charge in [-0.2, -0.15) is 0 Å². The van der Waals surface area contributed by atoms with Gasteiger partial charge in [0, 0.05) is 22.9 Å². The molecule has 19 heavy (non-hydrogen) atoms. The molecule has 0 radical (unpaired) electrons. The number of ether oxygens (including phenoxy) is 1. The fourth-order valence-electron chi connectivity index (χ4n) is 1.29. The first-order valence-electron chi connectivity index (χ1n) is 4.90. The van der Waals surface area contributed by atoms with E-state index in [1.165, 1.54) is 36.5 Å². The fourth-order valence-corrected chi connectivity index (χ4v) is 2.47. The van der Waals surface area contributed by atoms with E-state index in [1.54, 1.807) is 0 Å². The maximum absolute atomic E-state index is 11.4. The van der Waals surface area contributed by atoms with Crippen molar-refractivity contribution in [3.05, 3.63) is 46.6 Å².